The van der Waals surface area contributed by atoms with Crippen molar-refractivity contribution in [1.29, 1.82) is 0 Å². The van der Waals surface area contributed by atoms with Crippen molar-refractivity contribution in [1.82, 2.24) is 10.2 Å². The molecule has 1 amide bonds. The van der Waals surface area contributed by atoms with E-state index in [2.05, 4.69) is 29.6 Å². The summed E-state index contributed by atoms with van der Waals surface area (Å²) >= 11 is 0. The van der Waals surface area contributed by atoms with Gasteiger partial charge in [0, 0.05) is 26.2 Å². The molecule has 3 rings (SSSR count). The van der Waals surface area contributed by atoms with E-state index >= 15 is 0 Å². The van der Waals surface area contributed by atoms with Crippen LogP contribution in [0.15, 0.2) is 24.3 Å². The summed E-state index contributed by atoms with van der Waals surface area (Å²) in [4.78, 5) is 14.4. The monoisotopic (exact) mass is 274 g/mol. The van der Waals surface area contributed by atoms with Crippen LogP contribution >= 0.6 is 0 Å². The average Bonchev–Trinajstić information content (AvgIpc) is 2.71. The summed E-state index contributed by atoms with van der Waals surface area (Å²) in [6, 6.07) is 8.52. The highest BCUT2D eigenvalue weighted by Crippen LogP contribution is 2.16. The minimum Gasteiger partial charge on any atom is -0.375 e. The third-order valence-electron chi connectivity index (χ3n) is 4.18. The van der Waals surface area contributed by atoms with E-state index in [4.69, 9.17) is 4.74 Å². The Labute approximate surface area is 120 Å². The molecule has 2 aliphatic rings. The van der Waals surface area contributed by atoms with Gasteiger partial charge in [0.1, 0.15) is 0 Å². The number of carbonyl (C=O) groups excluding carboxylic acids is 1. The number of rotatable bonds is 2. The Hall–Kier alpha value is -1.39. The van der Waals surface area contributed by atoms with Gasteiger partial charge in [-0.05, 0) is 24.0 Å². The Morgan fingerprint density at radius 1 is 1.25 bits per heavy atom. The quantitative estimate of drug-likeness (QED) is 0.874. The van der Waals surface area contributed by atoms with E-state index in [0.29, 0.717) is 13.0 Å². The molecule has 20 heavy (non-hydrogen) atoms. The lowest BCUT2D eigenvalue weighted by atomic mass is 10.0. The van der Waals surface area contributed by atoms with Crippen molar-refractivity contribution in [2.75, 3.05) is 32.8 Å². The molecule has 108 valence electrons. The molecule has 0 radical (unpaired) electrons. The number of nitrogens with one attached hydrogen (secondary N) is 1. The predicted octanol–water partition coefficient (Wildman–Crippen LogP) is 0.992. The fourth-order valence-corrected chi connectivity index (χ4v) is 2.99. The number of ether oxygens (including phenoxy) is 1. The molecular weight excluding hydrogens is 252 g/mol. The first-order valence-corrected chi connectivity index (χ1v) is 7.50. The van der Waals surface area contributed by atoms with E-state index in [9.17, 15) is 4.79 Å². The van der Waals surface area contributed by atoms with Crippen molar-refractivity contribution in [3.63, 3.8) is 0 Å². The standard InChI is InChI=1S/C16H22N2O2/c19-16(11-15-12-17-7-10-20-15)18-8-5-13-3-1-2-4-14(13)6-9-18/h1-4,15,17H,5-12H2. The van der Waals surface area contributed by atoms with E-state index in [-0.39, 0.29) is 12.0 Å². The highest BCUT2D eigenvalue weighted by Gasteiger charge is 2.23. The summed E-state index contributed by atoms with van der Waals surface area (Å²) in [5.41, 5.74) is 2.77. The molecule has 1 aromatic carbocycles. The third kappa shape index (κ3) is 3.19. The molecule has 0 spiro atoms. The van der Waals surface area contributed by atoms with E-state index in [1.54, 1.807) is 0 Å². The van der Waals surface area contributed by atoms with E-state index in [1.165, 1.54) is 11.1 Å². The molecular formula is C16H22N2O2. The molecule has 1 aromatic rings. The van der Waals surface area contributed by atoms with Crippen LogP contribution in [-0.2, 0) is 22.4 Å². The van der Waals surface area contributed by atoms with Crippen molar-refractivity contribution < 1.29 is 9.53 Å². The van der Waals surface area contributed by atoms with Gasteiger partial charge in [-0.1, -0.05) is 24.3 Å². The van der Waals surface area contributed by atoms with Crippen molar-refractivity contribution in [2.45, 2.75) is 25.4 Å². The topological polar surface area (TPSA) is 41.6 Å². The number of hydrogen-bond acceptors (Lipinski definition) is 3. The van der Waals surface area contributed by atoms with Gasteiger partial charge in [-0.3, -0.25) is 4.79 Å². The van der Waals surface area contributed by atoms with Crippen molar-refractivity contribution in [3.8, 4) is 0 Å². The van der Waals surface area contributed by atoms with Crippen LogP contribution in [0.3, 0.4) is 0 Å². The van der Waals surface area contributed by atoms with Gasteiger partial charge in [-0.25, -0.2) is 0 Å². The van der Waals surface area contributed by atoms with E-state index < -0.39 is 0 Å². The molecule has 0 aromatic heterocycles. The number of fused-ring (bicyclic) bond motifs is 1. The zero-order valence-electron chi connectivity index (χ0n) is 11.8. The highest BCUT2D eigenvalue weighted by molar-refractivity contribution is 5.77. The minimum atomic E-state index is 0.0434. The first kappa shape index (κ1) is 13.6. The fraction of sp³-hybridized carbons (Fsp3) is 0.562. The highest BCUT2D eigenvalue weighted by atomic mass is 16.5. The maximum absolute atomic E-state index is 12.4. The van der Waals surface area contributed by atoms with Gasteiger partial charge in [0.15, 0.2) is 0 Å². The van der Waals surface area contributed by atoms with E-state index in [1.807, 2.05) is 4.90 Å². The largest absolute Gasteiger partial charge is 0.375 e. The molecule has 4 heteroatoms. The second-order valence-electron chi connectivity index (χ2n) is 5.55. The molecule has 4 nitrogen and oxygen atoms in total. The van der Waals surface area contributed by atoms with Gasteiger partial charge in [0.25, 0.3) is 0 Å². The maximum Gasteiger partial charge on any atom is 0.225 e. The van der Waals surface area contributed by atoms with Crippen LogP contribution in [0.25, 0.3) is 0 Å². The molecule has 1 N–H and O–H groups in total. The molecule has 2 aliphatic heterocycles. The Kier molecular flexibility index (Phi) is 4.33. The van der Waals surface area contributed by atoms with E-state index in [0.717, 1.165) is 39.0 Å². The number of morpholine rings is 1. The van der Waals surface area contributed by atoms with Crippen molar-refractivity contribution >= 4 is 5.91 Å². The summed E-state index contributed by atoms with van der Waals surface area (Å²) in [7, 11) is 0. The molecule has 0 bridgehead atoms. The van der Waals surface area contributed by atoms with Crippen LogP contribution in [-0.4, -0.2) is 49.7 Å². The number of carbonyl (C=O) groups is 1. The normalized spacial score (nSPS) is 23.0. The number of hydrogen-bond donors (Lipinski definition) is 1. The van der Waals surface area contributed by atoms with Gasteiger partial charge in [0.2, 0.25) is 5.91 Å². The second kappa shape index (κ2) is 6.37. The van der Waals surface area contributed by atoms with Crippen LogP contribution in [0.5, 0.6) is 0 Å². The molecule has 1 fully saturated rings. The summed E-state index contributed by atoms with van der Waals surface area (Å²) in [5.74, 6) is 0.228. The third-order valence-corrected chi connectivity index (χ3v) is 4.18. The summed E-state index contributed by atoms with van der Waals surface area (Å²) < 4.78 is 5.62. The van der Waals surface area contributed by atoms with Crippen LogP contribution < -0.4 is 5.32 Å². The molecule has 1 atom stereocenters. The van der Waals surface area contributed by atoms with Gasteiger partial charge in [0.05, 0.1) is 19.1 Å². The first-order valence-electron chi connectivity index (χ1n) is 7.50. The summed E-state index contributed by atoms with van der Waals surface area (Å²) in [6.07, 6.45) is 2.47. The predicted molar refractivity (Wildman–Crippen MR) is 77.7 cm³/mol. The van der Waals surface area contributed by atoms with Crippen LogP contribution in [0.4, 0.5) is 0 Å². The zero-order chi connectivity index (χ0) is 13.8. The maximum atomic E-state index is 12.4. The van der Waals surface area contributed by atoms with Crippen LogP contribution in [0, 0.1) is 0 Å². The smallest absolute Gasteiger partial charge is 0.225 e. The Bertz CT molecular complexity index is 442. The Balaban J connectivity index is 1.57. The number of benzene rings is 1. The first-order chi connectivity index (χ1) is 9.83. The van der Waals surface area contributed by atoms with Gasteiger partial charge >= 0.3 is 0 Å². The molecule has 1 saturated heterocycles. The Morgan fingerprint density at radius 2 is 1.95 bits per heavy atom. The molecule has 0 aliphatic carbocycles. The van der Waals surface area contributed by atoms with Gasteiger partial charge in [-0.2, -0.15) is 0 Å². The lowest BCUT2D eigenvalue weighted by molar-refractivity contribution is -0.134. The van der Waals surface area contributed by atoms with Gasteiger partial charge in [-0.15, -0.1) is 0 Å². The van der Waals surface area contributed by atoms with Crippen LogP contribution in [0.1, 0.15) is 17.5 Å². The number of nitrogens with zero attached hydrogens (tertiary/aromatic N) is 1. The minimum absolute atomic E-state index is 0.0434. The lowest BCUT2D eigenvalue weighted by Gasteiger charge is -2.26. The number of amides is 1. The second-order valence-corrected chi connectivity index (χ2v) is 5.55. The SMILES string of the molecule is O=C(CC1CNCCO1)N1CCc2ccccc2CC1. The lowest BCUT2D eigenvalue weighted by Crippen LogP contribution is -2.43. The molecule has 0 saturated carbocycles. The van der Waals surface area contributed by atoms with Crippen molar-refractivity contribution in [2.24, 2.45) is 0 Å². The summed E-state index contributed by atoms with van der Waals surface area (Å²) in [5, 5.41) is 3.27. The molecule has 2 heterocycles. The average molecular weight is 274 g/mol. The zero-order valence-corrected chi connectivity index (χ0v) is 11.8. The fourth-order valence-electron chi connectivity index (χ4n) is 2.99. The Morgan fingerprint density at radius 3 is 2.55 bits per heavy atom. The van der Waals surface area contributed by atoms with Crippen molar-refractivity contribution in [3.05, 3.63) is 35.4 Å². The van der Waals surface area contributed by atoms with Gasteiger partial charge < -0.3 is 15.0 Å². The van der Waals surface area contributed by atoms with Crippen LogP contribution in [0.2, 0.25) is 0 Å². The molecule has 1 unspecified atom stereocenters. The summed E-state index contributed by atoms with van der Waals surface area (Å²) in [6.45, 7) is 4.05.